The van der Waals surface area contributed by atoms with Crippen LogP contribution in [0, 0.1) is 5.92 Å². The molecule has 1 aromatic carbocycles. The summed E-state index contributed by atoms with van der Waals surface area (Å²) in [6, 6.07) is 4.58. The monoisotopic (exact) mass is 363 g/mol. The van der Waals surface area contributed by atoms with Gasteiger partial charge in [0.05, 0.1) is 5.41 Å². The highest BCUT2D eigenvalue weighted by atomic mass is 16.6. The van der Waals surface area contributed by atoms with Gasteiger partial charge in [-0.1, -0.05) is 18.2 Å². The molecule has 140 valence electrons. The highest BCUT2D eigenvalue weighted by Crippen LogP contribution is 2.62. The van der Waals surface area contributed by atoms with Crippen LogP contribution in [0.5, 0.6) is 11.5 Å². The topological polar surface area (TPSA) is 38.8 Å². The molecule has 4 heteroatoms. The maximum absolute atomic E-state index is 11.6. The van der Waals surface area contributed by atoms with Crippen LogP contribution in [0.2, 0.25) is 0 Å². The maximum atomic E-state index is 11.6. The van der Waals surface area contributed by atoms with E-state index in [-0.39, 0.29) is 17.5 Å². The summed E-state index contributed by atoms with van der Waals surface area (Å²) in [5, 5.41) is 0. The Labute approximate surface area is 159 Å². The maximum Gasteiger partial charge on any atom is 0.308 e. The third-order valence-electron chi connectivity index (χ3n) is 7.24. The molecule has 4 nitrogen and oxygen atoms in total. The van der Waals surface area contributed by atoms with Crippen LogP contribution >= 0.6 is 0 Å². The number of hydrogen-bond donors (Lipinski definition) is 0. The first kappa shape index (κ1) is 15.9. The van der Waals surface area contributed by atoms with Crippen molar-refractivity contribution in [2.75, 3.05) is 13.1 Å². The Morgan fingerprint density at radius 2 is 2.19 bits per heavy atom. The molecule has 0 radical (unpaired) electrons. The average Bonchev–Trinajstić information content (AvgIpc) is 3.38. The Hall–Kier alpha value is -2.07. The van der Waals surface area contributed by atoms with E-state index in [0.29, 0.717) is 11.8 Å². The summed E-state index contributed by atoms with van der Waals surface area (Å²) in [5.74, 6) is 2.00. The van der Waals surface area contributed by atoms with E-state index in [9.17, 15) is 4.79 Å². The molecule has 0 amide bonds. The van der Waals surface area contributed by atoms with Gasteiger partial charge in [0, 0.05) is 31.6 Å². The molecule has 2 aliphatic heterocycles. The highest BCUT2D eigenvalue weighted by Gasteiger charge is 2.61. The summed E-state index contributed by atoms with van der Waals surface area (Å²) < 4.78 is 12.1. The Morgan fingerprint density at radius 3 is 2.96 bits per heavy atom. The third kappa shape index (κ3) is 2.05. The highest BCUT2D eigenvalue weighted by molar-refractivity contribution is 5.74. The van der Waals surface area contributed by atoms with Crippen molar-refractivity contribution in [1.82, 2.24) is 4.90 Å². The normalized spacial score (nSPS) is 33.0. The molecular weight excluding hydrogens is 338 g/mol. The second-order valence-electron chi connectivity index (χ2n) is 8.93. The molecule has 0 aromatic heterocycles. The first-order chi connectivity index (χ1) is 13.1. The van der Waals surface area contributed by atoms with Crippen LogP contribution in [0.15, 0.2) is 35.4 Å². The molecule has 2 fully saturated rings. The van der Waals surface area contributed by atoms with Crippen LogP contribution < -0.4 is 9.47 Å². The summed E-state index contributed by atoms with van der Waals surface area (Å²) in [5.41, 5.74) is 5.40. The first-order valence-electron chi connectivity index (χ1n) is 10.2. The van der Waals surface area contributed by atoms with Gasteiger partial charge in [-0.25, -0.2) is 0 Å². The van der Waals surface area contributed by atoms with E-state index in [4.69, 9.17) is 9.47 Å². The fourth-order valence-corrected chi connectivity index (χ4v) is 5.98. The lowest BCUT2D eigenvalue weighted by molar-refractivity contribution is -0.132. The van der Waals surface area contributed by atoms with Crippen molar-refractivity contribution in [3.05, 3.63) is 46.6 Å². The van der Waals surface area contributed by atoms with Gasteiger partial charge in [0.1, 0.15) is 6.10 Å². The fourth-order valence-electron chi connectivity index (χ4n) is 5.98. The summed E-state index contributed by atoms with van der Waals surface area (Å²) in [6.45, 7) is 5.99. The van der Waals surface area contributed by atoms with Crippen molar-refractivity contribution in [3.63, 3.8) is 0 Å². The largest absolute Gasteiger partial charge is 0.481 e. The minimum absolute atomic E-state index is 0.0360. The minimum Gasteiger partial charge on any atom is -0.481 e. The number of esters is 1. The van der Waals surface area contributed by atoms with Crippen LogP contribution in [0.1, 0.15) is 44.2 Å². The van der Waals surface area contributed by atoms with Gasteiger partial charge in [-0.3, -0.25) is 9.69 Å². The van der Waals surface area contributed by atoms with E-state index in [0.717, 1.165) is 31.1 Å². The SMILES string of the molecule is CC(=O)Oc1ccc2c3c1O[C@H]1C(C)=CC=C4C(C2)N(CC2CC2)CC[C@]431. The van der Waals surface area contributed by atoms with Crippen molar-refractivity contribution in [2.45, 2.75) is 57.1 Å². The number of rotatable bonds is 3. The van der Waals surface area contributed by atoms with Gasteiger partial charge in [0.15, 0.2) is 11.5 Å². The molecule has 3 aliphatic carbocycles. The lowest BCUT2D eigenvalue weighted by atomic mass is 9.56. The molecule has 27 heavy (non-hydrogen) atoms. The van der Waals surface area contributed by atoms with E-state index in [1.165, 1.54) is 48.6 Å². The van der Waals surface area contributed by atoms with Crippen molar-refractivity contribution in [2.24, 2.45) is 5.92 Å². The molecule has 3 atom stereocenters. The number of likely N-dealkylation sites (tertiary alicyclic amines) is 1. The van der Waals surface area contributed by atoms with Gasteiger partial charge in [-0.05, 0) is 61.3 Å². The Bertz CT molecular complexity index is 926. The van der Waals surface area contributed by atoms with Crippen LogP contribution in [0.25, 0.3) is 0 Å². The van der Waals surface area contributed by atoms with Crippen LogP contribution in [0.3, 0.4) is 0 Å². The van der Waals surface area contributed by atoms with E-state index in [1.807, 2.05) is 6.07 Å². The molecular formula is C23H25NO3. The van der Waals surface area contributed by atoms with E-state index < -0.39 is 0 Å². The predicted molar refractivity (Wildman–Crippen MR) is 102 cm³/mol. The van der Waals surface area contributed by atoms with Gasteiger partial charge < -0.3 is 9.47 Å². The molecule has 1 saturated heterocycles. The number of benzene rings is 1. The summed E-state index contributed by atoms with van der Waals surface area (Å²) in [6.07, 6.45) is 9.56. The van der Waals surface area contributed by atoms with E-state index in [2.05, 4.69) is 30.0 Å². The van der Waals surface area contributed by atoms with Gasteiger partial charge in [-0.2, -0.15) is 0 Å². The van der Waals surface area contributed by atoms with Crippen LogP contribution in [0.4, 0.5) is 0 Å². The van der Waals surface area contributed by atoms with Crippen molar-refractivity contribution < 1.29 is 14.3 Å². The quantitative estimate of drug-likeness (QED) is 0.608. The minimum atomic E-state index is -0.293. The zero-order valence-electron chi connectivity index (χ0n) is 16.0. The van der Waals surface area contributed by atoms with Gasteiger partial charge in [-0.15, -0.1) is 0 Å². The number of allylic oxidation sites excluding steroid dienone is 2. The Kier molecular flexibility index (Phi) is 3.10. The molecule has 1 aromatic rings. The number of nitrogens with zero attached hydrogens (tertiary/aromatic N) is 1. The number of carbonyl (C=O) groups is 1. The third-order valence-corrected chi connectivity index (χ3v) is 7.24. The van der Waals surface area contributed by atoms with Crippen LogP contribution in [-0.4, -0.2) is 36.1 Å². The molecule has 1 saturated carbocycles. The summed E-state index contributed by atoms with van der Waals surface area (Å²) in [7, 11) is 0. The number of piperidine rings is 1. The molecule has 1 unspecified atom stereocenters. The van der Waals surface area contributed by atoms with Crippen molar-refractivity contribution in [3.8, 4) is 11.5 Å². The number of ether oxygens (including phenoxy) is 2. The zero-order valence-corrected chi connectivity index (χ0v) is 16.0. The number of hydrogen-bond acceptors (Lipinski definition) is 4. The van der Waals surface area contributed by atoms with E-state index in [1.54, 1.807) is 0 Å². The zero-order chi connectivity index (χ0) is 18.3. The lowest BCUT2D eigenvalue weighted by Crippen LogP contribution is -2.59. The second-order valence-corrected chi connectivity index (χ2v) is 8.93. The standard InChI is InChI=1S/C23H25NO3/c1-13-3-7-17-18-11-16-6-8-19(26-14(2)25)21-20(16)23(17,22(13)27-21)9-10-24(18)12-15-4-5-15/h3,6-8,15,18,22H,4-5,9-12H2,1-2H3/t18?,22-,23-/m0/s1. The molecule has 2 heterocycles. The Morgan fingerprint density at radius 1 is 1.33 bits per heavy atom. The van der Waals surface area contributed by atoms with Gasteiger partial charge in [0.25, 0.3) is 0 Å². The molecule has 1 spiro atoms. The number of carbonyl (C=O) groups excluding carboxylic acids is 1. The summed E-state index contributed by atoms with van der Waals surface area (Å²) in [4.78, 5) is 14.3. The average molecular weight is 363 g/mol. The predicted octanol–water partition coefficient (Wildman–Crippen LogP) is 3.54. The second kappa shape index (κ2) is 5.26. The van der Waals surface area contributed by atoms with Crippen LogP contribution in [-0.2, 0) is 16.6 Å². The lowest BCUT2D eigenvalue weighted by Gasteiger charge is -2.54. The van der Waals surface area contributed by atoms with Crippen molar-refractivity contribution in [1.29, 1.82) is 0 Å². The van der Waals surface area contributed by atoms with Crippen molar-refractivity contribution >= 4 is 5.97 Å². The first-order valence-corrected chi connectivity index (χ1v) is 10.2. The molecule has 0 N–H and O–H groups in total. The van der Waals surface area contributed by atoms with Gasteiger partial charge in [0.2, 0.25) is 0 Å². The fraction of sp³-hybridized carbons (Fsp3) is 0.522. The molecule has 6 rings (SSSR count). The smallest absolute Gasteiger partial charge is 0.308 e. The van der Waals surface area contributed by atoms with E-state index >= 15 is 0 Å². The summed E-state index contributed by atoms with van der Waals surface area (Å²) >= 11 is 0. The molecule has 2 bridgehead atoms. The molecule has 5 aliphatic rings. The van der Waals surface area contributed by atoms with Gasteiger partial charge >= 0.3 is 5.97 Å². The Balaban J connectivity index is 1.53.